The maximum atomic E-state index is 13.0. The summed E-state index contributed by atoms with van der Waals surface area (Å²) in [5, 5.41) is 9.60. The molecule has 1 aliphatic carbocycles. The van der Waals surface area contributed by atoms with E-state index < -0.39 is 0 Å². The zero-order valence-corrected chi connectivity index (χ0v) is 17.6. The molecule has 2 aromatic carbocycles. The van der Waals surface area contributed by atoms with E-state index in [4.69, 9.17) is 11.6 Å². The Hall–Kier alpha value is -2.63. The van der Waals surface area contributed by atoms with Crippen molar-refractivity contribution in [3.05, 3.63) is 81.3 Å². The third-order valence-corrected chi connectivity index (χ3v) is 6.88. The maximum Gasteiger partial charge on any atom is 0.261 e. The summed E-state index contributed by atoms with van der Waals surface area (Å²) in [4.78, 5) is 14.7. The second-order valence-electron chi connectivity index (χ2n) is 7.42. The molecule has 6 heteroatoms. The topological polar surface area (TPSA) is 46.9 Å². The number of hydrogen-bond acceptors (Lipinski definition) is 3. The van der Waals surface area contributed by atoms with E-state index in [1.54, 1.807) is 0 Å². The number of nitrogens with zero attached hydrogens (tertiary/aromatic N) is 2. The Morgan fingerprint density at radius 1 is 1.21 bits per heavy atom. The van der Waals surface area contributed by atoms with E-state index in [0.29, 0.717) is 9.90 Å². The van der Waals surface area contributed by atoms with Gasteiger partial charge in [0.2, 0.25) is 0 Å². The van der Waals surface area contributed by atoms with E-state index in [9.17, 15) is 4.79 Å². The van der Waals surface area contributed by atoms with Gasteiger partial charge < -0.3 is 5.32 Å². The van der Waals surface area contributed by atoms with Crippen LogP contribution in [-0.2, 0) is 6.42 Å². The highest BCUT2D eigenvalue weighted by atomic mass is 35.5. The van der Waals surface area contributed by atoms with Crippen molar-refractivity contribution in [1.29, 1.82) is 0 Å². The number of aryl methyl sites for hydroxylation is 2. The number of carbonyl (C=O) groups excluding carboxylic acids is 1. The molecule has 0 saturated heterocycles. The van der Waals surface area contributed by atoms with E-state index in [1.807, 2.05) is 48.0 Å². The molecule has 2 aromatic heterocycles. The Labute approximate surface area is 178 Å². The predicted octanol–water partition coefficient (Wildman–Crippen LogP) is 5.86. The van der Waals surface area contributed by atoms with Crippen LogP contribution >= 0.6 is 22.9 Å². The van der Waals surface area contributed by atoms with Gasteiger partial charge in [0.25, 0.3) is 5.91 Å². The second kappa shape index (κ2) is 7.32. The van der Waals surface area contributed by atoms with Crippen LogP contribution in [0.15, 0.2) is 54.6 Å². The zero-order valence-electron chi connectivity index (χ0n) is 16.0. The number of amides is 1. The third kappa shape index (κ3) is 3.34. The molecule has 1 amide bonds. The molecular formula is C23H20ClN3OS. The average molecular weight is 422 g/mol. The Kier molecular flexibility index (Phi) is 4.64. The number of thiophene rings is 1. The second-order valence-corrected chi connectivity index (χ2v) is 8.89. The van der Waals surface area contributed by atoms with Crippen molar-refractivity contribution in [3.63, 3.8) is 0 Å². The summed E-state index contributed by atoms with van der Waals surface area (Å²) in [5.74, 6) is -0.0186. The standard InChI is InChI=1S/C23H20ClN3OS/c1-14-19-13-21(29-23(19)27(26-14)17-11-9-16(24)10-12-17)22(28)25-20-8-4-6-15-5-2-3-7-18(15)20/h2-3,5,7,9-13,20H,4,6,8H2,1H3,(H,25,28). The molecule has 0 aliphatic heterocycles. The van der Waals surface area contributed by atoms with Crippen LogP contribution in [0.3, 0.4) is 0 Å². The molecule has 0 fully saturated rings. The van der Waals surface area contributed by atoms with E-state index >= 15 is 0 Å². The molecule has 1 atom stereocenters. The number of carbonyl (C=O) groups is 1. The number of hydrogen-bond donors (Lipinski definition) is 1. The maximum absolute atomic E-state index is 13.0. The lowest BCUT2D eigenvalue weighted by atomic mass is 9.88. The fourth-order valence-electron chi connectivity index (χ4n) is 4.05. The molecule has 5 rings (SSSR count). The van der Waals surface area contributed by atoms with Crippen LogP contribution < -0.4 is 5.32 Å². The highest BCUT2D eigenvalue weighted by Gasteiger charge is 2.24. The van der Waals surface area contributed by atoms with Crippen molar-refractivity contribution in [1.82, 2.24) is 15.1 Å². The van der Waals surface area contributed by atoms with Gasteiger partial charge in [-0.2, -0.15) is 5.10 Å². The molecule has 0 radical (unpaired) electrons. The number of rotatable bonds is 3. The lowest BCUT2D eigenvalue weighted by molar-refractivity contribution is 0.0937. The normalized spacial score (nSPS) is 16.0. The van der Waals surface area contributed by atoms with Crippen LogP contribution in [-0.4, -0.2) is 15.7 Å². The lowest BCUT2D eigenvalue weighted by Crippen LogP contribution is -2.30. The summed E-state index contributed by atoms with van der Waals surface area (Å²) in [6.07, 6.45) is 3.16. The van der Waals surface area contributed by atoms with Crippen molar-refractivity contribution >= 4 is 39.1 Å². The van der Waals surface area contributed by atoms with E-state index in [-0.39, 0.29) is 11.9 Å². The fraction of sp³-hybridized carbons (Fsp3) is 0.217. The molecule has 0 bridgehead atoms. The first-order valence-corrected chi connectivity index (χ1v) is 10.9. The molecule has 4 aromatic rings. The molecule has 1 unspecified atom stereocenters. The van der Waals surface area contributed by atoms with Crippen LogP contribution in [0.5, 0.6) is 0 Å². The fourth-order valence-corrected chi connectivity index (χ4v) is 5.26. The van der Waals surface area contributed by atoms with Crippen molar-refractivity contribution < 1.29 is 4.79 Å². The molecular weight excluding hydrogens is 402 g/mol. The molecule has 29 heavy (non-hydrogen) atoms. The Morgan fingerprint density at radius 2 is 2.00 bits per heavy atom. The van der Waals surface area contributed by atoms with Crippen molar-refractivity contribution in [2.24, 2.45) is 0 Å². The molecule has 146 valence electrons. The zero-order chi connectivity index (χ0) is 20.0. The highest BCUT2D eigenvalue weighted by molar-refractivity contribution is 7.20. The lowest BCUT2D eigenvalue weighted by Gasteiger charge is -2.26. The number of fused-ring (bicyclic) bond motifs is 2. The summed E-state index contributed by atoms with van der Waals surface area (Å²) < 4.78 is 1.89. The van der Waals surface area contributed by atoms with Gasteiger partial charge in [0, 0.05) is 10.4 Å². The van der Waals surface area contributed by atoms with Crippen molar-refractivity contribution in [2.75, 3.05) is 0 Å². The van der Waals surface area contributed by atoms with Crippen LogP contribution in [0.4, 0.5) is 0 Å². The third-order valence-electron chi connectivity index (χ3n) is 5.51. The summed E-state index contributed by atoms with van der Waals surface area (Å²) in [6.45, 7) is 1.97. The number of halogens is 1. The largest absolute Gasteiger partial charge is 0.345 e. The summed E-state index contributed by atoms with van der Waals surface area (Å²) in [5.41, 5.74) is 4.43. The summed E-state index contributed by atoms with van der Waals surface area (Å²) in [7, 11) is 0. The minimum absolute atomic E-state index is 0.0186. The predicted molar refractivity (Wildman–Crippen MR) is 118 cm³/mol. The van der Waals surface area contributed by atoms with Gasteiger partial charge in [-0.25, -0.2) is 4.68 Å². The molecule has 2 heterocycles. The van der Waals surface area contributed by atoms with Gasteiger partial charge in [0.05, 0.1) is 22.3 Å². The van der Waals surface area contributed by atoms with E-state index in [2.05, 4.69) is 28.6 Å². The summed E-state index contributed by atoms with van der Waals surface area (Å²) >= 11 is 7.49. The van der Waals surface area contributed by atoms with Gasteiger partial charge in [-0.15, -0.1) is 11.3 Å². The van der Waals surface area contributed by atoms with Gasteiger partial charge in [-0.1, -0.05) is 35.9 Å². The Morgan fingerprint density at radius 3 is 2.83 bits per heavy atom. The van der Waals surface area contributed by atoms with Crippen LogP contribution in [0, 0.1) is 6.92 Å². The summed E-state index contributed by atoms with van der Waals surface area (Å²) in [6, 6.07) is 18.0. The van der Waals surface area contributed by atoms with Gasteiger partial charge in [-0.05, 0) is 67.6 Å². The minimum atomic E-state index is -0.0186. The monoisotopic (exact) mass is 421 g/mol. The molecule has 4 nitrogen and oxygen atoms in total. The van der Waals surface area contributed by atoms with Crippen LogP contribution in [0.1, 0.15) is 45.4 Å². The van der Waals surface area contributed by atoms with Crippen LogP contribution in [0.2, 0.25) is 5.02 Å². The van der Waals surface area contributed by atoms with Gasteiger partial charge in [0.1, 0.15) is 4.83 Å². The van der Waals surface area contributed by atoms with E-state index in [0.717, 1.165) is 40.9 Å². The number of aromatic nitrogens is 2. The molecule has 1 aliphatic rings. The van der Waals surface area contributed by atoms with Crippen molar-refractivity contribution in [3.8, 4) is 5.69 Å². The minimum Gasteiger partial charge on any atom is -0.345 e. The average Bonchev–Trinajstić information content (AvgIpc) is 3.30. The van der Waals surface area contributed by atoms with Crippen LogP contribution in [0.25, 0.3) is 15.9 Å². The van der Waals surface area contributed by atoms with E-state index in [1.165, 1.54) is 22.5 Å². The van der Waals surface area contributed by atoms with Gasteiger partial charge in [0.15, 0.2) is 0 Å². The number of nitrogens with one attached hydrogen (secondary N) is 1. The molecule has 1 N–H and O–H groups in total. The van der Waals surface area contributed by atoms with Crippen molar-refractivity contribution in [2.45, 2.75) is 32.2 Å². The Bertz CT molecular complexity index is 1210. The Balaban J connectivity index is 1.46. The SMILES string of the molecule is Cc1nn(-c2ccc(Cl)cc2)c2sc(C(=O)NC3CCCc4ccccc43)cc12. The highest BCUT2D eigenvalue weighted by Crippen LogP contribution is 2.33. The quantitative estimate of drug-likeness (QED) is 0.450. The molecule has 0 saturated carbocycles. The first-order valence-electron chi connectivity index (χ1n) is 9.74. The smallest absolute Gasteiger partial charge is 0.261 e. The number of benzene rings is 2. The van der Waals surface area contributed by atoms with Gasteiger partial charge in [-0.3, -0.25) is 4.79 Å². The first kappa shape index (κ1) is 18.4. The first-order chi connectivity index (χ1) is 14.1. The molecule has 0 spiro atoms. The van der Waals surface area contributed by atoms with Gasteiger partial charge >= 0.3 is 0 Å².